The van der Waals surface area contributed by atoms with E-state index in [0.717, 1.165) is 57.2 Å². The number of nitrogen functional groups attached to an aromatic ring is 6. The molecule has 6 aliphatic heterocycles. The monoisotopic (exact) mass is 2010 g/mol. The van der Waals surface area contributed by atoms with E-state index in [1.807, 2.05) is 0 Å². The maximum atomic E-state index is 15.4. The Balaban J connectivity index is 0.679. The van der Waals surface area contributed by atoms with Crippen LogP contribution < -0.4 is 68.0 Å². The van der Waals surface area contributed by atoms with E-state index in [9.17, 15) is 132 Å². The van der Waals surface area contributed by atoms with Crippen LogP contribution in [0.15, 0.2) is 78.6 Å². The molecule has 0 aromatic carbocycles. The first-order valence-corrected chi connectivity index (χ1v) is 46.8. The van der Waals surface area contributed by atoms with E-state index in [4.69, 9.17) is 99.0 Å². The number of fused-ring (bicyclic) bond motifs is 4. The zero-order valence-corrected chi connectivity index (χ0v) is 71.4. The number of rotatable bonds is 32. The summed E-state index contributed by atoms with van der Waals surface area (Å²) in [6.07, 6.45) is -46.8. The number of aromatic nitrogens is 20. The lowest BCUT2D eigenvalue weighted by atomic mass is 10.1. The third kappa shape index (κ3) is 18.0. The first-order chi connectivity index (χ1) is 62.3. The lowest BCUT2D eigenvalue weighted by Gasteiger charge is -2.36. The van der Waals surface area contributed by atoms with Gasteiger partial charge < -0.3 is 152 Å². The van der Waals surface area contributed by atoms with Gasteiger partial charge in [0.1, 0.15) is 109 Å². The molecule has 10 aromatic rings. The molecule has 29 atom stereocenters. The van der Waals surface area contributed by atoms with Gasteiger partial charge in [0.25, 0.3) is 22.2 Å². The van der Waals surface area contributed by atoms with Crippen LogP contribution in [0.3, 0.4) is 0 Å². The number of imidazole rings is 4. The van der Waals surface area contributed by atoms with Crippen LogP contribution in [-0.2, 0) is 96.5 Å². The van der Waals surface area contributed by atoms with Crippen molar-refractivity contribution in [1.82, 2.24) is 97.2 Å². The SMILES string of the molecule is Nc1ccn([C@@H]2O[C@H](COP(=O)(O)O[C@H]3[C@@H](O)[C@H](n4cnc5c(=O)[nH]c(N)nc54)O[C@@H]3COP(=O)(O)O[C@H]3[C@@H](O)[C@H](n4cnc5c(=O)[nH]c(N)nc54)O[C@@H]3COP(=O)(O)O[C@H]3[C@@H](O)[C@H](n4cnc5c(=O)[nH]c(N)nc54)O[C@@H]3COP(=O)(O)[C@@]3(O)[C@@H](COP(=O)(O)[C@@]4(O)[C@@H](COP(=O)(O)O)O[C@@H](n5ccc(N)nc5=O)[C@@H]4O)O[C@@H](n4cnc5c(=O)[nH]c(N)nc54)[C@@H]3O)[C@@H](O)[C@H]2O)c(=O)n1. The van der Waals surface area contributed by atoms with Crippen molar-refractivity contribution in [3.05, 3.63) is 112 Å². The number of ether oxygens (including phenoxy) is 6. The molecule has 69 nitrogen and oxygen atoms in total. The molecule has 0 saturated carbocycles. The van der Waals surface area contributed by atoms with E-state index in [1.165, 1.54) is 0 Å². The van der Waals surface area contributed by atoms with E-state index < -0.39 is 340 Å². The van der Waals surface area contributed by atoms with Gasteiger partial charge in [-0.25, -0.2) is 47.8 Å². The molecular weight excluding hydrogens is 1930 g/mol. The lowest BCUT2D eigenvalue weighted by Crippen LogP contribution is -2.52. The average Bonchev–Trinajstić information content (AvgIpc) is 1.56. The lowest BCUT2D eigenvalue weighted by molar-refractivity contribution is -0.0782. The molecule has 0 amide bonds. The molecule has 5 unspecified atom stereocenters. The van der Waals surface area contributed by atoms with E-state index in [0.29, 0.717) is 20.0 Å². The van der Waals surface area contributed by atoms with Crippen molar-refractivity contribution in [3.63, 3.8) is 0 Å². The van der Waals surface area contributed by atoms with Gasteiger partial charge in [0.2, 0.25) is 34.5 Å². The van der Waals surface area contributed by atoms with Crippen LogP contribution >= 0.6 is 46.5 Å². The Morgan fingerprint density at radius 1 is 0.353 bits per heavy atom. The first-order valence-electron chi connectivity index (χ1n) is 37.6. The highest BCUT2D eigenvalue weighted by Gasteiger charge is 2.71. The highest BCUT2D eigenvalue weighted by Crippen LogP contribution is 2.67. The number of aliphatic hydroxyl groups excluding tert-OH is 7. The highest BCUT2D eigenvalue weighted by atomic mass is 31.2. The average molecular weight is 2010 g/mol. The molecule has 6 fully saturated rings. The van der Waals surface area contributed by atoms with Gasteiger partial charge in [-0.05, 0) is 12.1 Å². The Labute approximate surface area is 730 Å². The Kier molecular flexibility index (Phi) is 25.6. The fourth-order valence-electron chi connectivity index (χ4n) is 15.2. The predicted molar refractivity (Wildman–Crippen MR) is 423 cm³/mol. The van der Waals surface area contributed by atoms with E-state index in [1.54, 1.807) is 0 Å². The van der Waals surface area contributed by atoms with Gasteiger partial charge >= 0.3 is 57.9 Å². The number of anilines is 6. The number of aromatic amines is 4. The third-order valence-electron chi connectivity index (χ3n) is 21.5. The number of nitrogens with one attached hydrogen (secondary N) is 4. The topological polar surface area (TPSA) is 1040 Å². The maximum absolute atomic E-state index is 15.4. The Morgan fingerprint density at radius 3 is 0.962 bits per heavy atom. The standard InChI is InChI=1S/C58H74N26O43P6/c59-21-1-3-79(55(96)69-21)45-28(86)27(85)15(119-45)5-116-131(107,108)126-33-17(121-47(30(33)88)82-12-66-24-38(82)72-52(62)76-42(24)93)7-118-133(111,112)127-34-18(122-48(31(34)89)83-13-67-25-39(83)73-53(63)77-43(25)94)8-117-132(109,110)125-32-16(120-46(29(32)87)81-11-65-23-37(81)71-51(61)75-41(23)92)6-113-128(100,101)57(98)19(124-50(36(57)91)84-14-68-26-40(84)74-54(64)78-44(26)95)9-114-129(102,103)58(99)20(10-115-130(104,105)106)123-49(35(58)90)80-4-2-22(60)70-56(80)97/h1-4,11-20,27-36,45-50,85-91,98-99H,5-10H2,(H,100,101)(H,102,103)(H,107,108)(H,109,110)(H,111,112)(H2,59,69,96)(H2,60,70,97)(H2,104,105,106)(H3,61,71,75,92)(H3,62,72,76,93)(H3,63,73,77,94)(H3,64,74,78,95)/t15-,16-,17-,18-,19-,20-,27-,28-,29-,30-,31-,32-,33-,34-,35+,36+,45-,46-,47-,48-,49-,50-,57+,58+/m1/s1. The van der Waals surface area contributed by atoms with E-state index >= 15 is 4.57 Å². The summed E-state index contributed by atoms with van der Waals surface area (Å²) < 4.78 is 172. The predicted octanol–water partition coefficient (Wildman–Crippen LogP) is -11.2. The summed E-state index contributed by atoms with van der Waals surface area (Å²) in [6.45, 7) is -9.48. The number of nitrogens with zero attached hydrogens (tertiary/aromatic N) is 16. The van der Waals surface area contributed by atoms with E-state index in [2.05, 4.69) is 74.3 Å². The zero-order chi connectivity index (χ0) is 96.1. The number of nitrogens with two attached hydrogens (primary N) is 6. The molecule has 32 N–H and O–H groups in total. The quantitative estimate of drug-likeness (QED) is 0.0174. The minimum absolute atomic E-state index is 0.244. The largest absolute Gasteiger partial charge is 0.472 e. The second kappa shape index (κ2) is 35.3. The normalized spacial score (nSPS) is 32.6. The minimum atomic E-state index is -6.61. The van der Waals surface area contributed by atoms with Crippen LogP contribution in [0.4, 0.5) is 35.4 Å². The van der Waals surface area contributed by atoms with Crippen molar-refractivity contribution in [2.24, 2.45) is 0 Å². The summed E-state index contributed by atoms with van der Waals surface area (Å²) in [6, 6.07) is 2.05. The molecule has 10 aromatic heterocycles. The van der Waals surface area contributed by atoms with Crippen molar-refractivity contribution in [2.45, 2.75) is 146 Å². The van der Waals surface area contributed by atoms with Crippen molar-refractivity contribution >= 4 is 127 Å². The van der Waals surface area contributed by atoms with Crippen molar-refractivity contribution < 1.29 is 177 Å². The molecule has 16 heterocycles. The van der Waals surface area contributed by atoms with Crippen LogP contribution in [0, 0.1) is 0 Å². The van der Waals surface area contributed by atoms with Gasteiger partial charge in [0.05, 0.1) is 65.0 Å². The Morgan fingerprint density at radius 2 is 0.632 bits per heavy atom. The Hall–Kier alpha value is -9.90. The second-order valence-electron chi connectivity index (χ2n) is 29.8. The number of phosphoric acid groups is 4. The molecule has 0 bridgehead atoms. The molecule has 0 aliphatic carbocycles. The summed E-state index contributed by atoms with van der Waals surface area (Å²) in [5.41, 5.74) is 23.7. The second-order valence-corrected chi connectivity index (χ2v) is 39.3. The highest BCUT2D eigenvalue weighted by molar-refractivity contribution is 7.55. The molecule has 724 valence electrons. The van der Waals surface area contributed by atoms with Crippen LogP contribution in [0.2, 0.25) is 0 Å². The van der Waals surface area contributed by atoms with Gasteiger partial charge in [0, 0.05) is 12.4 Å². The van der Waals surface area contributed by atoms with Crippen molar-refractivity contribution in [1.29, 1.82) is 0 Å². The van der Waals surface area contributed by atoms with Crippen LogP contribution in [-0.4, -0.2) is 325 Å². The van der Waals surface area contributed by atoms with Gasteiger partial charge in [0.15, 0.2) is 82.0 Å². The number of aliphatic hydroxyl groups is 9. The van der Waals surface area contributed by atoms with Crippen molar-refractivity contribution in [3.8, 4) is 0 Å². The number of hydrogen-bond donors (Lipinski definition) is 26. The van der Waals surface area contributed by atoms with Gasteiger partial charge in [-0.1, -0.05) is 0 Å². The molecule has 6 aliphatic rings. The van der Waals surface area contributed by atoms with Crippen LogP contribution in [0.5, 0.6) is 0 Å². The Bertz CT molecular complexity index is 6890. The van der Waals surface area contributed by atoms with Gasteiger partial charge in [-0.15, -0.1) is 0 Å². The molecule has 75 heteroatoms. The molecule has 133 heavy (non-hydrogen) atoms. The zero-order valence-electron chi connectivity index (χ0n) is 66.0. The number of phosphoric ester groups is 4. The number of hydrogen-bond acceptors (Lipinski definition) is 52. The summed E-state index contributed by atoms with van der Waals surface area (Å²) in [5, 5.41) is 99.1. The first kappa shape index (κ1) is 96.2. The van der Waals surface area contributed by atoms with Crippen molar-refractivity contribution in [2.75, 3.05) is 74.0 Å². The smallest absolute Gasteiger partial charge is 0.387 e. The molecule has 6 saturated heterocycles. The summed E-state index contributed by atoms with van der Waals surface area (Å²) in [7, 11) is -36.8. The number of H-pyrrole nitrogens is 4. The maximum Gasteiger partial charge on any atom is 0.472 e. The molecular formula is C58H74N26O43P6. The fraction of sp³-hybridized carbons (Fsp3) is 0.517. The summed E-state index contributed by atoms with van der Waals surface area (Å²) in [5.74, 6) is -3.08. The van der Waals surface area contributed by atoms with E-state index in [-0.39, 0.29) is 5.82 Å². The molecule has 16 rings (SSSR count). The molecule has 0 radical (unpaired) electrons. The summed E-state index contributed by atoms with van der Waals surface area (Å²) in [4.78, 5) is 203. The molecule has 0 spiro atoms. The van der Waals surface area contributed by atoms with Crippen LogP contribution in [0.1, 0.15) is 37.4 Å². The van der Waals surface area contributed by atoms with Gasteiger partial charge in [-0.2, -0.15) is 29.9 Å². The minimum Gasteiger partial charge on any atom is -0.387 e. The third-order valence-corrected chi connectivity index (χ3v) is 28.8. The fourth-order valence-corrected chi connectivity index (χ4v) is 21.5. The van der Waals surface area contributed by atoms with Gasteiger partial charge in [-0.3, -0.25) is 107 Å². The summed E-state index contributed by atoms with van der Waals surface area (Å²) >= 11 is 0. The van der Waals surface area contributed by atoms with Crippen LogP contribution in [0.25, 0.3) is 44.7 Å².